The smallest absolute Gasteiger partial charge is 0.170 e. The Labute approximate surface area is 180 Å². The number of epoxide rings is 2. The summed E-state index contributed by atoms with van der Waals surface area (Å²) >= 11 is 0. The molecule has 0 radical (unpaired) electrons. The Morgan fingerprint density at radius 1 is 0.862 bits per heavy atom. The lowest BCUT2D eigenvalue weighted by Gasteiger charge is -2.13. The monoisotopic (exact) mass is 410 g/mol. The highest BCUT2D eigenvalue weighted by molar-refractivity contribution is 6.02. The number of ether oxygens (including phenoxy) is 2. The number of carbonyl (C=O) groups is 1. The van der Waals surface area contributed by atoms with Gasteiger partial charge in [-0.2, -0.15) is 0 Å². The molecule has 3 fully saturated rings. The van der Waals surface area contributed by atoms with E-state index in [9.17, 15) is 9.59 Å². The van der Waals surface area contributed by atoms with Gasteiger partial charge in [0.15, 0.2) is 5.78 Å². The van der Waals surface area contributed by atoms with Gasteiger partial charge in [-0.05, 0) is 51.9 Å². The molecule has 4 nitrogen and oxygen atoms in total. The minimum Gasteiger partial charge on any atom is -0.366 e. The molecule has 0 bridgehead atoms. The summed E-state index contributed by atoms with van der Waals surface area (Å²) in [5.41, 5.74) is 0.134. The van der Waals surface area contributed by atoms with Gasteiger partial charge in [0.1, 0.15) is 5.94 Å². The molecule has 0 amide bonds. The third-order valence-corrected chi connectivity index (χ3v) is 5.58. The lowest BCUT2D eigenvalue weighted by molar-refractivity contribution is -0.116. The molecule has 29 heavy (non-hydrogen) atoms. The van der Waals surface area contributed by atoms with E-state index in [1.807, 2.05) is 54.4 Å². The van der Waals surface area contributed by atoms with E-state index in [-0.39, 0.29) is 29.0 Å². The van der Waals surface area contributed by atoms with E-state index < -0.39 is 0 Å². The summed E-state index contributed by atoms with van der Waals surface area (Å²) in [7, 11) is 0. The van der Waals surface area contributed by atoms with Gasteiger partial charge in [0.2, 0.25) is 0 Å². The van der Waals surface area contributed by atoms with Crippen LogP contribution in [-0.2, 0) is 19.1 Å². The van der Waals surface area contributed by atoms with Crippen molar-refractivity contribution in [1.29, 1.82) is 0 Å². The summed E-state index contributed by atoms with van der Waals surface area (Å²) in [4.78, 5) is 23.4. The summed E-state index contributed by atoms with van der Waals surface area (Å²) in [5, 5.41) is 0. The minimum atomic E-state index is -0.0993. The van der Waals surface area contributed by atoms with E-state index in [0.717, 1.165) is 25.7 Å². The Bertz CT molecular complexity index is 523. The topological polar surface area (TPSA) is 59.2 Å². The lowest BCUT2D eigenvalue weighted by Crippen LogP contribution is -2.16. The molecule has 2 heterocycles. The van der Waals surface area contributed by atoms with E-state index in [0.29, 0.717) is 24.5 Å². The first-order chi connectivity index (χ1) is 13.9. The maximum atomic E-state index is 12.2. The van der Waals surface area contributed by atoms with Crippen LogP contribution in [0.4, 0.5) is 0 Å². The van der Waals surface area contributed by atoms with Crippen molar-refractivity contribution in [3.05, 3.63) is 18.7 Å². The molecule has 0 N–H and O–H groups in total. The maximum absolute atomic E-state index is 12.2. The Morgan fingerprint density at radius 2 is 1.28 bits per heavy atom. The number of carbonyl (C=O) groups excluding carboxylic acids is 2. The number of ketones is 1. The van der Waals surface area contributed by atoms with Gasteiger partial charge >= 0.3 is 0 Å². The maximum Gasteiger partial charge on any atom is 0.170 e. The summed E-state index contributed by atoms with van der Waals surface area (Å²) in [6.07, 6.45) is 5.24. The molecule has 4 heteroatoms. The molecule has 5 atom stereocenters. The van der Waals surface area contributed by atoms with Crippen molar-refractivity contribution >= 4 is 11.7 Å². The fourth-order valence-electron chi connectivity index (χ4n) is 3.64. The van der Waals surface area contributed by atoms with Crippen molar-refractivity contribution in [3.63, 3.8) is 0 Å². The van der Waals surface area contributed by atoms with Crippen LogP contribution in [0.2, 0.25) is 0 Å². The second-order valence-electron chi connectivity index (χ2n) is 7.29. The number of fused-ring (bicyclic) bond motifs is 2. The number of rotatable bonds is 0. The molecular formula is C25H46O4. The third-order valence-electron chi connectivity index (χ3n) is 5.58. The number of hydrogen-bond acceptors (Lipinski definition) is 4. The van der Waals surface area contributed by atoms with Crippen LogP contribution < -0.4 is 0 Å². The molecule has 5 unspecified atom stereocenters. The fraction of sp³-hybridized carbons (Fsp3) is 0.800. The summed E-state index contributed by atoms with van der Waals surface area (Å²) in [5.74, 6) is 1.79. The average molecular weight is 411 g/mol. The Balaban J connectivity index is 0. The van der Waals surface area contributed by atoms with E-state index in [4.69, 9.17) is 9.47 Å². The van der Waals surface area contributed by atoms with Crippen LogP contribution in [-0.4, -0.2) is 35.1 Å². The Hall–Kier alpha value is -1.22. The second kappa shape index (κ2) is 14.7. The number of allylic oxidation sites excluding steroid dienone is 1. The summed E-state index contributed by atoms with van der Waals surface area (Å²) in [6.45, 7) is 24.2. The van der Waals surface area contributed by atoms with Crippen molar-refractivity contribution < 1.29 is 19.1 Å². The molecule has 2 saturated heterocycles. The highest BCUT2D eigenvalue weighted by atomic mass is 16.6. The van der Waals surface area contributed by atoms with Crippen molar-refractivity contribution in [2.24, 2.45) is 5.92 Å². The number of hydrogen-bond donors (Lipinski definition) is 0. The van der Waals surface area contributed by atoms with E-state index in [1.165, 1.54) is 0 Å². The number of Topliss-reactive ketones (excluding diaryl/α,β-unsaturated/α-hetero) is 1. The van der Waals surface area contributed by atoms with Crippen molar-refractivity contribution in [3.8, 4) is 0 Å². The summed E-state index contributed by atoms with van der Waals surface area (Å²) in [6, 6.07) is 0. The predicted molar refractivity (Wildman–Crippen MR) is 123 cm³/mol. The van der Waals surface area contributed by atoms with E-state index >= 15 is 0 Å². The zero-order valence-corrected chi connectivity index (χ0v) is 20.5. The molecule has 3 rings (SSSR count). The molecule has 0 spiro atoms. The molecule has 1 saturated carbocycles. The quantitative estimate of drug-likeness (QED) is 0.198. The Kier molecular flexibility index (Phi) is 15.2. The van der Waals surface area contributed by atoms with Crippen molar-refractivity contribution in [1.82, 2.24) is 0 Å². The molecule has 0 aromatic heterocycles. The van der Waals surface area contributed by atoms with Crippen molar-refractivity contribution in [2.75, 3.05) is 0 Å². The van der Waals surface area contributed by atoms with Crippen LogP contribution in [0.5, 0.6) is 0 Å². The van der Waals surface area contributed by atoms with Gasteiger partial charge in [-0.1, -0.05) is 48.5 Å². The van der Waals surface area contributed by atoms with Crippen LogP contribution in [0.15, 0.2) is 18.7 Å². The standard InChI is InChI=1S/C17H24O4.3C2H6.C2H4/c1-11-6-8-16(2)15(21-16)7-9-17(3)14(20-17)5-4-13(19)12(11)10-18;4*1-2/h11,14-15H,4-9H2,1-3H3;3*1-2H3;1-2H2. The second-order valence-corrected chi connectivity index (χ2v) is 7.29. The first-order valence-electron chi connectivity index (χ1n) is 11.5. The zero-order chi connectivity index (χ0) is 23.3. The minimum absolute atomic E-state index is 0.0380. The SMILES string of the molecule is C=C.CC.CC.CC.CC1CCC2(C)OC2CCC2(C)OC2CCC(=O)C1=C=O. The Morgan fingerprint density at radius 3 is 1.72 bits per heavy atom. The fourth-order valence-corrected chi connectivity index (χ4v) is 3.64. The molecule has 0 aromatic carbocycles. The molecule has 1 aliphatic carbocycles. The van der Waals surface area contributed by atoms with Crippen LogP contribution in [0.3, 0.4) is 0 Å². The van der Waals surface area contributed by atoms with E-state index in [1.54, 1.807) is 0 Å². The largest absolute Gasteiger partial charge is 0.366 e. The molecular weight excluding hydrogens is 364 g/mol. The molecule has 0 aromatic rings. The van der Waals surface area contributed by atoms with Crippen molar-refractivity contribution in [2.45, 2.75) is 124 Å². The first-order valence-corrected chi connectivity index (χ1v) is 11.5. The molecule has 3 aliphatic rings. The normalized spacial score (nSPS) is 34.9. The van der Waals surface area contributed by atoms with Gasteiger partial charge in [-0.15, -0.1) is 13.2 Å². The highest BCUT2D eigenvalue weighted by Gasteiger charge is 2.56. The van der Waals surface area contributed by atoms with Crippen LogP contribution in [0.1, 0.15) is 101 Å². The average Bonchev–Trinajstić information content (AvgIpc) is 3.64. The third kappa shape index (κ3) is 8.58. The van der Waals surface area contributed by atoms with Crippen LogP contribution >= 0.6 is 0 Å². The first kappa shape index (κ1) is 30.0. The molecule has 170 valence electrons. The van der Waals surface area contributed by atoms with Gasteiger partial charge in [0.25, 0.3) is 0 Å². The zero-order valence-electron chi connectivity index (χ0n) is 20.5. The summed E-state index contributed by atoms with van der Waals surface area (Å²) < 4.78 is 11.6. The van der Waals surface area contributed by atoms with E-state index in [2.05, 4.69) is 27.0 Å². The highest BCUT2D eigenvalue weighted by Crippen LogP contribution is 2.49. The predicted octanol–water partition coefficient (Wildman–Crippen LogP) is 6.50. The van der Waals surface area contributed by atoms with Crippen LogP contribution in [0, 0.1) is 5.92 Å². The molecule has 2 aliphatic heterocycles. The van der Waals surface area contributed by atoms with Gasteiger partial charge in [-0.3, -0.25) is 4.79 Å². The van der Waals surface area contributed by atoms with Gasteiger partial charge in [-0.25, -0.2) is 4.79 Å². The van der Waals surface area contributed by atoms with Gasteiger partial charge in [0, 0.05) is 6.42 Å². The lowest BCUT2D eigenvalue weighted by atomic mass is 9.88. The van der Waals surface area contributed by atoms with Gasteiger partial charge < -0.3 is 9.47 Å². The van der Waals surface area contributed by atoms with Gasteiger partial charge in [0.05, 0.1) is 29.0 Å². The van der Waals surface area contributed by atoms with Crippen LogP contribution in [0.25, 0.3) is 0 Å².